The third kappa shape index (κ3) is 7.62. The van der Waals surface area contributed by atoms with Crippen molar-refractivity contribution in [2.24, 2.45) is 5.92 Å². The molecule has 204 valence electrons. The zero-order valence-electron chi connectivity index (χ0n) is 23.4. The molecule has 0 amide bonds. The van der Waals surface area contributed by atoms with Crippen molar-refractivity contribution in [2.45, 2.75) is 32.7 Å². The normalized spacial score (nSPS) is 15.7. The topological polar surface area (TPSA) is 42.8 Å². The van der Waals surface area contributed by atoms with Gasteiger partial charge in [-0.3, -0.25) is 0 Å². The monoisotopic (exact) mass is 536 g/mol. The van der Waals surface area contributed by atoms with Crippen LogP contribution in [0, 0.1) is 5.92 Å². The molecule has 1 unspecified atom stereocenters. The fourth-order valence-electron chi connectivity index (χ4n) is 4.64. The van der Waals surface area contributed by atoms with Gasteiger partial charge in [0.2, 0.25) is 0 Å². The fraction of sp³-hybridized carbons (Fsp3) is 0.452. The van der Waals surface area contributed by atoms with E-state index in [1.54, 1.807) is 0 Å². The molecule has 1 atom stereocenters. The Hall–Kier alpha value is -2.80. The molecule has 3 aromatic rings. The second kappa shape index (κ2) is 13.3. The standard InChI is InChI=1S/C31H41ClN4O2/c1-23-21-24(7-13-28(23)32)15-19-37-26-10-8-25(9-11-26)31-33-29-14-12-27(38-20-18-35(4)5)22-30(29)36(31)17-6-16-34(2)3/h7-14,22-23H,6,15-21H2,1-5H3. The Bertz CT molecular complexity index is 1260. The van der Waals surface area contributed by atoms with E-state index in [1.165, 1.54) is 5.57 Å². The minimum absolute atomic E-state index is 0.397. The van der Waals surface area contributed by atoms with E-state index in [2.05, 4.69) is 79.8 Å². The van der Waals surface area contributed by atoms with Gasteiger partial charge in [-0.15, -0.1) is 0 Å². The summed E-state index contributed by atoms with van der Waals surface area (Å²) in [7, 11) is 8.33. The van der Waals surface area contributed by atoms with Gasteiger partial charge in [0.25, 0.3) is 0 Å². The van der Waals surface area contributed by atoms with Gasteiger partial charge in [-0.2, -0.15) is 0 Å². The average Bonchev–Trinajstić information content (AvgIpc) is 3.24. The number of imidazole rings is 1. The van der Waals surface area contributed by atoms with Crippen LogP contribution in [0.4, 0.5) is 0 Å². The number of hydrogen-bond acceptors (Lipinski definition) is 5. The highest BCUT2D eigenvalue weighted by Gasteiger charge is 2.15. The Morgan fingerprint density at radius 3 is 2.34 bits per heavy atom. The molecule has 38 heavy (non-hydrogen) atoms. The molecule has 0 radical (unpaired) electrons. The van der Waals surface area contributed by atoms with Crippen LogP contribution in [0.15, 0.2) is 65.2 Å². The highest BCUT2D eigenvalue weighted by atomic mass is 35.5. The van der Waals surface area contributed by atoms with Crippen molar-refractivity contribution in [1.82, 2.24) is 19.4 Å². The van der Waals surface area contributed by atoms with Gasteiger partial charge in [0, 0.05) is 36.2 Å². The largest absolute Gasteiger partial charge is 0.493 e. The molecule has 1 aliphatic carbocycles. The van der Waals surface area contributed by atoms with E-state index < -0.39 is 0 Å². The van der Waals surface area contributed by atoms with Crippen molar-refractivity contribution in [2.75, 3.05) is 54.5 Å². The van der Waals surface area contributed by atoms with Crippen LogP contribution in [-0.2, 0) is 6.54 Å². The number of ether oxygens (including phenoxy) is 2. The lowest BCUT2D eigenvalue weighted by molar-refractivity contribution is 0.261. The van der Waals surface area contributed by atoms with E-state index in [-0.39, 0.29) is 0 Å². The van der Waals surface area contributed by atoms with Crippen LogP contribution in [0.2, 0.25) is 0 Å². The first kappa shape index (κ1) is 28.2. The number of aryl methyl sites for hydroxylation is 1. The minimum atomic E-state index is 0.397. The number of nitrogens with zero attached hydrogens (tertiary/aromatic N) is 4. The zero-order valence-corrected chi connectivity index (χ0v) is 24.2. The first-order valence-corrected chi connectivity index (χ1v) is 13.9. The summed E-state index contributed by atoms with van der Waals surface area (Å²) < 4.78 is 14.4. The summed E-state index contributed by atoms with van der Waals surface area (Å²) in [5, 5.41) is 0.936. The van der Waals surface area contributed by atoms with Crippen molar-refractivity contribution >= 4 is 22.6 Å². The van der Waals surface area contributed by atoms with Crippen LogP contribution in [0.3, 0.4) is 0 Å². The molecule has 1 aromatic heterocycles. The third-order valence-corrected chi connectivity index (χ3v) is 7.33. The van der Waals surface area contributed by atoms with E-state index in [9.17, 15) is 0 Å². The predicted octanol–water partition coefficient (Wildman–Crippen LogP) is 6.45. The van der Waals surface area contributed by atoms with E-state index in [0.717, 1.165) is 77.8 Å². The highest BCUT2D eigenvalue weighted by molar-refractivity contribution is 6.30. The van der Waals surface area contributed by atoms with Gasteiger partial charge in [0.05, 0.1) is 17.6 Å². The Kier molecular flexibility index (Phi) is 9.89. The lowest BCUT2D eigenvalue weighted by atomic mass is 9.94. The van der Waals surface area contributed by atoms with Crippen LogP contribution in [-0.4, -0.2) is 73.8 Å². The molecule has 0 saturated heterocycles. The van der Waals surface area contributed by atoms with Crippen LogP contribution >= 0.6 is 11.6 Å². The Labute approximate surface area is 232 Å². The third-order valence-electron chi connectivity index (χ3n) is 6.84. The molecule has 1 heterocycles. The summed E-state index contributed by atoms with van der Waals surface area (Å²) in [6.45, 7) is 6.25. The first-order chi connectivity index (χ1) is 18.3. The molecule has 2 aromatic carbocycles. The van der Waals surface area contributed by atoms with Gasteiger partial charge in [0.1, 0.15) is 23.9 Å². The molecule has 1 aliphatic rings. The number of fused-ring (bicyclic) bond motifs is 1. The van der Waals surface area contributed by atoms with E-state index in [0.29, 0.717) is 19.1 Å². The molecule has 0 fully saturated rings. The summed E-state index contributed by atoms with van der Waals surface area (Å²) in [6.07, 6.45) is 7.10. The highest BCUT2D eigenvalue weighted by Crippen LogP contribution is 2.31. The number of halogens is 1. The number of hydrogen-bond donors (Lipinski definition) is 0. The molecule has 6 nitrogen and oxygen atoms in total. The molecule has 0 spiro atoms. The van der Waals surface area contributed by atoms with Crippen LogP contribution < -0.4 is 9.47 Å². The Morgan fingerprint density at radius 2 is 1.63 bits per heavy atom. The molecular formula is C31H41ClN4O2. The number of likely N-dealkylation sites (N-methyl/N-ethyl adjacent to an activating group) is 1. The van der Waals surface area contributed by atoms with Gasteiger partial charge in [-0.1, -0.05) is 30.2 Å². The van der Waals surface area contributed by atoms with Crippen LogP contribution in [0.5, 0.6) is 11.5 Å². The van der Waals surface area contributed by atoms with Gasteiger partial charge in [-0.25, -0.2) is 4.98 Å². The van der Waals surface area contributed by atoms with Crippen molar-refractivity contribution < 1.29 is 9.47 Å². The van der Waals surface area contributed by atoms with Gasteiger partial charge in [0.15, 0.2) is 0 Å². The molecule has 0 bridgehead atoms. The number of allylic oxidation sites excluding steroid dienone is 3. The fourth-order valence-corrected chi connectivity index (χ4v) is 4.78. The van der Waals surface area contributed by atoms with Gasteiger partial charge < -0.3 is 23.8 Å². The van der Waals surface area contributed by atoms with Crippen molar-refractivity contribution in [3.8, 4) is 22.9 Å². The summed E-state index contributed by atoms with van der Waals surface area (Å²) in [4.78, 5) is 9.36. The minimum Gasteiger partial charge on any atom is -0.493 e. The summed E-state index contributed by atoms with van der Waals surface area (Å²) in [6, 6.07) is 14.5. The maximum Gasteiger partial charge on any atom is 0.141 e. The number of aromatic nitrogens is 2. The zero-order chi connectivity index (χ0) is 27.1. The first-order valence-electron chi connectivity index (χ1n) is 13.5. The van der Waals surface area contributed by atoms with E-state index in [4.69, 9.17) is 26.1 Å². The molecule has 7 heteroatoms. The summed E-state index contributed by atoms with van der Waals surface area (Å²) in [5.74, 6) is 3.12. The predicted molar refractivity (Wildman–Crippen MR) is 158 cm³/mol. The average molecular weight is 537 g/mol. The second-order valence-electron chi connectivity index (χ2n) is 10.7. The molecule has 4 rings (SSSR count). The lowest BCUT2D eigenvalue weighted by Gasteiger charge is -2.18. The Morgan fingerprint density at radius 1 is 0.921 bits per heavy atom. The Balaban J connectivity index is 1.48. The SMILES string of the molecule is CC1CC(CCOc2ccc(-c3nc4ccc(OCCN(C)C)cc4n3CCCN(C)C)cc2)=CC=C1Cl. The second-order valence-corrected chi connectivity index (χ2v) is 11.1. The molecular weight excluding hydrogens is 496 g/mol. The maximum absolute atomic E-state index is 6.21. The van der Waals surface area contributed by atoms with Crippen molar-refractivity contribution in [1.29, 1.82) is 0 Å². The quantitative estimate of drug-likeness (QED) is 0.251. The van der Waals surface area contributed by atoms with Gasteiger partial charge in [-0.05, 0) is 96.0 Å². The van der Waals surface area contributed by atoms with Gasteiger partial charge >= 0.3 is 0 Å². The summed E-state index contributed by atoms with van der Waals surface area (Å²) >= 11 is 6.21. The maximum atomic E-state index is 6.21. The van der Waals surface area contributed by atoms with E-state index in [1.807, 2.05) is 24.3 Å². The molecule has 0 aliphatic heterocycles. The van der Waals surface area contributed by atoms with Crippen LogP contribution in [0.1, 0.15) is 26.2 Å². The molecule has 0 N–H and O–H groups in total. The number of rotatable bonds is 13. The molecule has 0 saturated carbocycles. The van der Waals surface area contributed by atoms with E-state index >= 15 is 0 Å². The smallest absolute Gasteiger partial charge is 0.141 e. The van der Waals surface area contributed by atoms with Crippen LogP contribution in [0.25, 0.3) is 22.4 Å². The van der Waals surface area contributed by atoms with Crippen molar-refractivity contribution in [3.63, 3.8) is 0 Å². The van der Waals surface area contributed by atoms with Crippen molar-refractivity contribution in [3.05, 3.63) is 65.2 Å². The number of benzene rings is 2. The lowest BCUT2D eigenvalue weighted by Crippen LogP contribution is -2.19. The summed E-state index contributed by atoms with van der Waals surface area (Å²) in [5.41, 5.74) is 4.55.